The van der Waals surface area contributed by atoms with Gasteiger partial charge in [-0.2, -0.15) is 0 Å². The normalized spacial score (nSPS) is 11.2. The Hall–Kier alpha value is -2.69. The average molecular weight is 313 g/mol. The van der Waals surface area contributed by atoms with Crippen LogP contribution >= 0.6 is 0 Å². The van der Waals surface area contributed by atoms with Gasteiger partial charge in [0.2, 0.25) is 0 Å². The molecule has 0 radical (unpaired) electrons. The Labute approximate surface area is 137 Å². The number of ether oxygens (including phenoxy) is 2. The molecule has 2 aromatic carbocycles. The smallest absolute Gasteiger partial charge is 0.193 e. The number of nitrogens with one attached hydrogen (secondary N) is 1. The zero-order valence-corrected chi connectivity index (χ0v) is 13.8. The Kier molecular flexibility index (Phi) is 5.86. The first-order chi connectivity index (χ1) is 11.1. The summed E-state index contributed by atoms with van der Waals surface area (Å²) in [6.07, 6.45) is 0.719. The number of aliphatic imine (C=N–C) groups is 1. The van der Waals surface area contributed by atoms with E-state index in [9.17, 15) is 0 Å². The van der Waals surface area contributed by atoms with Crippen LogP contribution in [0.1, 0.15) is 11.1 Å². The average Bonchev–Trinajstić information content (AvgIpc) is 2.54. The van der Waals surface area contributed by atoms with Gasteiger partial charge in [0, 0.05) is 12.2 Å². The summed E-state index contributed by atoms with van der Waals surface area (Å²) < 4.78 is 10.6. The number of nitrogens with two attached hydrogens (primary N) is 1. The number of guanidine groups is 1. The maximum atomic E-state index is 5.93. The van der Waals surface area contributed by atoms with Gasteiger partial charge >= 0.3 is 0 Å². The van der Waals surface area contributed by atoms with Crippen LogP contribution in [-0.2, 0) is 6.42 Å². The largest absolute Gasteiger partial charge is 0.497 e. The molecule has 0 spiro atoms. The summed E-state index contributed by atoms with van der Waals surface area (Å²) in [6.45, 7) is 2.60. The van der Waals surface area contributed by atoms with Gasteiger partial charge in [-0.15, -0.1) is 0 Å². The van der Waals surface area contributed by atoms with Gasteiger partial charge in [0.1, 0.15) is 11.5 Å². The van der Waals surface area contributed by atoms with E-state index >= 15 is 0 Å². The van der Waals surface area contributed by atoms with E-state index in [4.69, 9.17) is 15.2 Å². The number of benzene rings is 2. The molecule has 5 nitrogen and oxygen atoms in total. The second kappa shape index (κ2) is 8.08. The van der Waals surface area contributed by atoms with Crippen LogP contribution < -0.4 is 20.5 Å². The van der Waals surface area contributed by atoms with Gasteiger partial charge in [-0.1, -0.05) is 12.1 Å². The van der Waals surface area contributed by atoms with Crippen molar-refractivity contribution in [2.45, 2.75) is 13.3 Å². The molecule has 5 heteroatoms. The lowest BCUT2D eigenvalue weighted by Gasteiger charge is -2.10. The van der Waals surface area contributed by atoms with Gasteiger partial charge < -0.3 is 20.5 Å². The molecule has 0 amide bonds. The third-order valence-corrected chi connectivity index (χ3v) is 3.44. The minimum atomic E-state index is 0.400. The fourth-order valence-corrected chi connectivity index (χ4v) is 2.28. The Bertz CT molecular complexity index is 684. The van der Waals surface area contributed by atoms with Crippen LogP contribution in [0.15, 0.2) is 47.5 Å². The van der Waals surface area contributed by atoms with Crippen molar-refractivity contribution >= 4 is 11.6 Å². The Balaban J connectivity index is 1.97. The van der Waals surface area contributed by atoms with Crippen LogP contribution in [0, 0.1) is 6.92 Å². The highest BCUT2D eigenvalue weighted by molar-refractivity contribution is 5.92. The third-order valence-electron chi connectivity index (χ3n) is 3.44. The van der Waals surface area contributed by atoms with Gasteiger partial charge in [-0.25, -0.2) is 0 Å². The monoisotopic (exact) mass is 313 g/mol. The van der Waals surface area contributed by atoms with Crippen molar-refractivity contribution in [1.29, 1.82) is 0 Å². The van der Waals surface area contributed by atoms with E-state index in [2.05, 4.69) is 10.3 Å². The summed E-state index contributed by atoms with van der Waals surface area (Å²) in [4.78, 5) is 4.36. The molecule has 0 fully saturated rings. The molecule has 122 valence electrons. The summed E-state index contributed by atoms with van der Waals surface area (Å²) in [5, 5.41) is 3.09. The quantitative estimate of drug-likeness (QED) is 0.635. The Morgan fingerprint density at radius 2 is 1.96 bits per heavy atom. The molecule has 0 heterocycles. The molecule has 2 rings (SSSR count). The van der Waals surface area contributed by atoms with Crippen LogP contribution in [0.5, 0.6) is 11.5 Å². The number of nitrogens with zero attached hydrogens (tertiary/aromatic N) is 1. The van der Waals surface area contributed by atoms with Crippen molar-refractivity contribution in [2.24, 2.45) is 10.7 Å². The predicted molar refractivity (Wildman–Crippen MR) is 94.5 cm³/mol. The molecule has 0 bridgehead atoms. The van der Waals surface area contributed by atoms with Crippen molar-refractivity contribution in [3.8, 4) is 11.5 Å². The molecule has 23 heavy (non-hydrogen) atoms. The molecule has 0 unspecified atom stereocenters. The minimum absolute atomic E-state index is 0.400. The van der Waals surface area contributed by atoms with Gasteiger partial charge in [-0.3, -0.25) is 4.99 Å². The van der Waals surface area contributed by atoms with Gasteiger partial charge in [0.05, 0.1) is 14.2 Å². The van der Waals surface area contributed by atoms with Crippen molar-refractivity contribution in [3.05, 3.63) is 53.6 Å². The molecule has 0 aromatic heterocycles. The molecule has 0 saturated heterocycles. The maximum absolute atomic E-state index is 5.93. The zero-order valence-electron chi connectivity index (χ0n) is 13.8. The van der Waals surface area contributed by atoms with Crippen molar-refractivity contribution in [2.75, 3.05) is 26.1 Å². The first-order valence-corrected chi connectivity index (χ1v) is 7.47. The molecule has 3 N–H and O–H groups in total. The van der Waals surface area contributed by atoms with Crippen molar-refractivity contribution < 1.29 is 9.47 Å². The molecular weight excluding hydrogens is 290 g/mol. The summed E-state index contributed by atoms with van der Waals surface area (Å²) in [5.41, 5.74) is 9.08. The Morgan fingerprint density at radius 1 is 1.13 bits per heavy atom. The molecular formula is C18H23N3O2. The molecule has 0 aliphatic heterocycles. The fraction of sp³-hybridized carbons (Fsp3) is 0.278. The number of hydrogen-bond acceptors (Lipinski definition) is 3. The highest BCUT2D eigenvalue weighted by Crippen LogP contribution is 2.24. The minimum Gasteiger partial charge on any atom is -0.497 e. The highest BCUT2D eigenvalue weighted by atomic mass is 16.5. The van der Waals surface area contributed by atoms with Crippen LogP contribution in [0.3, 0.4) is 0 Å². The summed E-state index contributed by atoms with van der Waals surface area (Å²) in [7, 11) is 3.30. The predicted octanol–water partition coefficient (Wildman–Crippen LogP) is 2.98. The fourth-order valence-electron chi connectivity index (χ4n) is 2.28. The summed E-state index contributed by atoms with van der Waals surface area (Å²) in [6, 6.07) is 13.7. The second-order valence-electron chi connectivity index (χ2n) is 5.19. The standard InChI is InChI=1S/C18H23N3O2/c1-13-5-4-6-15(11-13)21-18(19)20-10-9-14-12-16(22-2)7-8-17(14)23-3/h4-8,11-12H,9-10H2,1-3H3,(H3,19,20,21). The lowest BCUT2D eigenvalue weighted by atomic mass is 10.1. The molecule has 2 aromatic rings. The maximum Gasteiger partial charge on any atom is 0.193 e. The number of aryl methyl sites for hydroxylation is 1. The number of rotatable bonds is 6. The highest BCUT2D eigenvalue weighted by Gasteiger charge is 2.05. The summed E-state index contributed by atoms with van der Waals surface area (Å²) >= 11 is 0. The second-order valence-corrected chi connectivity index (χ2v) is 5.19. The van der Waals surface area contributed by atoms with Crippen molar-refractivity contribution in [3.63, 3.8) is 0 Å². The molecule has 0 atom stereocenters. The summed E-state index contributed by atoms with van der Waals surface area (Å²) in [5.74, 6) is 2.03. The van der Waals surface area contributed by atoms with Crippen molar-refractivity contribution in [1.82, 2.24) is 0 Å². The Morgan fingerprint density at radius 3 is 2.65 bits per heavy atom. The zero-order chi connectivity index (χ0) is 16.7. The number of methoxy groups -OCH3 is 2. The molecule has 0 saturated carbocycles. The topological polar surface area (TPSA) is 68.9 Å². The van der Waals surface area contributed by atoms with Crippen LogP contribution in [0.4, 0.5) is 5.69 Å². The number of anilines is 1. The van der Waals surface area contributed by atoms with E-state index in [-0.39, 0.29) is 0 Å². The molecule has 0 aliphatic rings. The van der Waals surface area contributed by atoms with Gasteiger partial charge in [0.15, 0.2) is 5.96 Å². The van der Waals surface area contributed by atoms with E-state index in [0.717, 1.165) is 29.2 Å². The van der Waals surface area contributed by atoms with E-state index in [0.29, 0.717) is 12.5 Å². The lowest BCUT2D eigenvalue weighted by molar-refractivity contribution is 0.399. The lowest BCUT2D eigenvalue weighted by Crippen LogP contribution is -2.23. The SMILES string of the molecule is COc1ccc(OC)c(CCN=C(N)Nc2cccc(C)c2)c1. The van der Waals surface area contributed by atoms with Gasteiger partial charge in [-0.05, 0) is 54.8 Å². The third kappa shape index (κ3) is 4.92. The first-order valence-electron chi connectivity index (χ1n) is 7.47. The number of hydrogen-bond donors (Lipinski definition) is 2. The van der Waals surface area contributed by atoms with Crippen LogP contribution in [0.25, 0.3) is 0 Å². The van der Waals surface area contributed by atoms with E-state index in [1.807, 2.05) is 49.4 Å². The van der Waals surface area contributed by atoms with E-state index < -0.39 is 0 Å². The first kappa shape index (κ1) is 16.7. The van der Waals surface area contributed by atoms with Crippen LogP contribution in [0.2, 0.25) is 0 Å². The van der Waals surface area contributed by atoms with E-state index in [1.165, 1.54) is 5.56 Å². The van der Waals surface area contributed by atoms with Gasteiger partial charge in [0.25, 0.3) is 0 Å². The molecule has 0 aliphatic carbocycles. The van der Waals surface area contributed by atoms with Crippen LogP contribution in [-0.4, -0.2) is 26.7 Å². The van der Waals surface area contributed by atoms with E-state index in [1.54, 1.807) is 14.2 Å².